The van der Waals surface area contributed by atoms with Gasteiger partial charge in [-0.15, -0.1) is 0 Å². The number of carbonyl (C=O) groups is 1. The van der Waals surface area contributed by atoms with Gasteiger partial charge in [0.2, 0.25) is 5.88 Å². The van der Waals surface area contributed by atoms with E-state index in [2.05, 4.69) is 4.98 Å². The summed E-state index contributed by atoms with van der Waals surface area (Å²) in [6.45, 7) is 1.45. The Bertz CT molecular complexity index is 646. The van der Waals surface area contributed by atoms with Crippen LogP contribution in [-0.4, -0.2) is 22.2 Å². The van der Waals surface area contributed by atoms with Gasteiger partial charge in [-0.25, -0.2) is 4.79 Å². The molecule has 0 radical (unpaired) electrons. The van der Waals surface area contributed by atoms with Gasteiger partial charge in [-0.2, -0.15) is 4.98 Å². The minimum Gasteiger partial charge on any atom is -0.479 e. The maximum atomic E-state index is 10.7. The predicted molar refractivity (Wildman–Crippen MR) is 78.5 cm³/mol. The third-order valence-electron chi connectivity index (χ3n) is 2.48. The summed E-state index contributed by atoms with van der Waals surface area (Å²) in [6.07, 6.45) is -0.930. The Balaban J connectivity index is 2.09. The molecule has 2 aromatic rings. The van der Waals surface area contributed by atoms with Crippen molar-refractivity contribution < 1.29 is 19.4 Å². The van der Waals surface area contributed by atoms with Gasteiger partial charge in [0.1, 0.15) is 21.7 Å². The van der Waals surface area contributed by atoms with E-state index in [1.165, 1.54) is 6.92 Å². The molecule has 0 spiro atoms. The van der Waals surface area contributed by atoms with Crippen molar-refractivity contribution in [2.24, 2.45) is 0 Å². The normalized spacial score (nSPS) is 11.8. The van der Waals surface area contributed by atoms with Crippen LogP contribution in [0.25, 0.3) is 0 Å². The predicted octanol–water partition coefficient (Wildman–Crippen LogP) is 4.03. The average Bonchev–Trinajstić information content (AvgIpc) is 2.45. The van der Waals surface area contributed by atoms with Crippen LogP contribution in [0.3, 0.4) is 0 Å². The molecule has 7 heteroatoms. The van der Waals surface area contributed by atoms with Crippen molar-refractivity contribution in [2.45, 2.75) is 13.0 Å². The Morgan fingerprint density at radius 2 is 1.76 bits per heavy atom. The zero-order valence-corrected chi connectivity index (χ0v) is 12.4. The fourth-order valence-corrected chi connectivity index (χ4v) is 1.71. The number of ether oxygens (including phenoxy) is 2. The average molecular weight is 328 g/mol. The molecule has 1 N–H and O–H groups in total. The third-order valence-corrected chi connectivity index (χ3v) is 2.98. The second-order valence-electron chi connectivity index (χ2n) is 4.09. The van der Waals surface area contributed by atoms with Gasteiger partial charge in [-0.3, -0.25) is 0 Å². The lowest BCUT2D eigenvalue weighted by molar-refractivity contribution is -0.144. The molecule has 0 saturated carbocycles. The van der Waals surface area contributed by atoms with Crippen molar-refractivity contribution >= 4 is 29.2 Å². The molecule has 1 aromatic heterocycles. The monoisotopic (exact) mass is 327 g/mol. The van der Waals surface area contributed by atoms with Crippen molar-refractivity contribution in [3.05, 3.63) is 46.6 Å². The van der Waals surface area contributed by atoms with Crippen LogP contribution < -0.4 is 9.47 Å². The molecule has 0 amide bonds. The highest BCUT2D eigenvalue weighted by atomic mass is 35.5. The van der Waals surface area contributed by atoms with Crippen LogP contribution in [0.2, 0.25) is 10.2 Å². The molecule has 0 bridgehead atoms. The van der Waals surface area contributed by atoms with Crippen LogP contribution in [0, 0.1) is 0 Å². The Kier molecular flexibility index (Phi) is 4.88. The Hall–Kier alpha value is -1.98. The Morgan fingerprint density at radius 1 is 1.14 bits per heavy atom. The minimum absolute atomic E-state index is 0.191. The highest BCUT2D eigenvalue weighted by Crippen LogP contribution is 2.29. The first-order chi connectivity index (χ1) is 9.95. The molecule has 1 heterocycles. The number of aromatic nitrogens is 1. The van der Waals surface area contributed by atoms with Crippen molar-refractivity contribution in [1.82, 2.24) is 4.98 Å². The molecular formula is C14H11Cl2NO4. The largest absolute Gasteiger partial charge is 0.479 e. The lowest BCUT2D eigenvalue weighted by Gasteiger charge is -2.11. The first-order valence-electron chi connectivity index (χ1n) is 5.95. The van der Waals surface area contributed by atoms with Gasteiger partial charge >= 0.3 is 5.97 Å². The van der Waals surface area contributed by atoms with E-state index < -0.39 is 12.1 Å². The summed E-state index contributed by atoms with van der Waals surface area (Å²) in [6, 6.07) is 9.55. The van der Waals surface area contributed by atoms with Crippen molar-refractivity contribution in [1.29, 1.82) is 0 Å². The summed E-state index contributed by atoms with van der Waals surface area (Å²) < 4.78 is 10.7. The summed E-state index contributed by atoms with van der Waals surface area (Å²) in [7, 11) is 0. The van der Waals surface area contributed by atoms with E-state index in [1.807, 2.05) is 0 Å². The standard InChI is InChI=1S/C14H11Cl2NO4/c1-8(14(18)19)20-9-2-4-10(5-3-9)21-13-11(15)6-7-12(16)17-13/h2-8H,1H3,(H,18,19)/t8-/m0/s1. The number of carboxylic acid groups (broad SMARTS) is 1. The zero-order chi connectivity index (χ0) is 15.4. The Morgan fingerprint density at radius 3 is 2.38 bits per heavy atom. The summed E-state index contributed by atoms with van der Waals surface area (Å²) in [4.78, 5) is 14.7. The highest BCUT2D eigenvalue weighted by molar-refractivity contribution is 6.33. The number of nitrogens with zero attached hydrogens (tertiary/aromatic N) is 1. The molecule has 0 saturated heterocycles. The maximum Gasteiger partial charge on any atom is 0.344 e. The van der Waals surface area contributed by atoms with Crippen LogP contribution in [0.15, 0.2) is 36.4 Å². The van der Waals surface area contributed by atoms with Gasteiger partial charge in [0.15, 0.2) is 6.10 Å². The van der Waals surface area contributed by atoms with Gasteiger partial charge in [-0.05, 0) is 43.3 Å². The van der Waals surface area contributed by atoms with Gasteiger partial charge in [0, 0.05) is 0 Å². The summed E-state index contributed by atoms with van der Waals surface area (Å²) in [5.74, 6) is 0.0476. The van der Waals surface area contributed by atoms with Crippen molar-refractivity contribution in [2.75, 3.05) is 0 Å². The van der Waals surface area contributed by atoms with Crippen LogP contribution in [0.4, 0.5) is 0 Å². The molecule has 0 aliphatic carbocycles. The quantitative estimate of drug-likeness (QED) is 0.839. The molecule has 0 aliphatic rings. The molecule has 5 nitrogen and oxygen atoms in total. The lowest BCUT2D eigenvalue weighted by Crippen LogP contribution is -2.22. The molecule has 0 fully saturated rings. The van der Waals surface area contributed by atoms with Gasteiger partial charge in [-0.1, -0.05) is 23.2 Å². The van der Waals surface area contributed by atoms with E-state index in [-0.39, 0.29) is 11.0 Å². The van der Waals surface area contributed by atoms with Gasteiger partial charge < -0.3 is 14.6 Å². The number of carboxylic acids is 1. The fourth-order valence-electron chi connectivity index (χ4n) is 1.42. The fraction of sp³-hybridized carbons (Fsp3) is 0.143. The summed E-state index contributed by atoms with van der Waals surface area (Å²) >= 11 is 11.7. The number of rotatable bonds is 5. The highest BCUT2D eigenvalue weighted by Gasteiger charge is 2.12. The smallest absolute Gasteiger partial charge is 0.344 e. The SMILES string of the molecule is C[C@H](Oc1ccc(Oc2nc(Cl)ccc2Cl)cc1)C(=O)O. The number of halogens is 2. The maximum absolute atomic E-state index is 10.7. The molecule has 21 heavy (non-hydrogen) atoms. The van der Waals surface area contributed by atoms with Crippen molar-refractivity contribution in [3.8, 4) is 17.4 Å². The van der Waals surface area contributed by atoms with Crippen LogP contribution >= 0.6 is 23.2 Å². The number of aliphatic carboxylic acids is 1. The van der Waals surface area contributed by atoms with Crippen LogP contribution in [0.1, 0.15) is 6.92 Å². The second-order valence-corrected chi connectivity index (χ2v) is 4.89. The van der Waals surface area contributed by atoms with Gasteiger partial charge in [0.05, 0.1) is 0 Å². The number of benzene rings is 1. The van der Waals surface area contributed by atoms with Gasteiger partial charge in [0.25, 0.3) is 0 Å². The number of hydrogen-bond acceptors (Lipinski definition) is 4. The number of pyridine rings is 1. The molecular weight excluding hydrogens is 317 g/mol. The summed E-state index contributed by atoms with van der Waals surface area (Å²) in [5, 5.41) is 9.36. The van der Waals surface area contributed by atoms with E-state index in [9.17, 15) is 4.79 Å². The second kappa shape index (κ2) is 6.65. The Labute approximate surface area is 131 Å². The van der Waals surface area contributed by atoms with E-state index in [0.717, 1.165) is 0 Å². The van der Waals surface area contributed by atoms with Crippen LogP contribution in [0.5, 0.6) is 17.4 Å². The molecule has 1 atom stereocenters. The zero-order valence-electron chi connectivity index (χ0n) is 10.9. The molecule has 0 unspecified atom stereocenters. The number of hydrogen-bond donors (Lipinski definition) is 1. The lowest BCUT2D eigenvalue weighted by atomic mass is 10.3. The molecule has 110 valence electrons. The molecule has 0 aliphatic heterocycles. The first kappa shape index (κ1) is 15.4. The third kappa shape index (κ3) is 4.24. The van der Waals surface area contributed by atoms with E-state index in [0.29, 0.717) is 16.5 Å². The first-order valence-corrected chi connectivity index (χ1v) is 6.70. The topological polar surface area (TPSA) is 68.7 Å². The van der Waals surface area contributed by atoms with E-state index in [1.54, 1.807) is 36.4 Å². The molecule has 1 aromatic carbocycles. The minimum atomic E-state index is -1.04. The van der Waals surface area contributed by atoms with Crippen LogP contribution in [-0.2, 0) is 4.79 Å². The van der Waals surface area contributed by atoms with E-state index in [4.69, 9.17) is 37.8 Å². The molecule has 2 rings (SSSR count). The van der Waals surface area contributed by atoms with E-state index >= 15 is 0 Å². The summed E-state index contributed by atoms with van der Waals surface area (Å²) in [5.41, 5.74) is 0. The van der Waals surface area contributed by atoms with Crippen molar-refractivity contribution in [3.63, 3.8) is 0 Å².